The van der Waals surface area contributed by atoms with Gasteiger partial charge < -0.3 is 15.2 Å². The molecule has 0 spiro atoms. The lowest BCUT2D eigenvalue weighted by Gasteiger charge is -2.22. The van der Waals surface area contributed by atoms with Crippen LogP contribution in [0.2, 0.25) is 0 Å². The Morgan fingerprint density at radius 1 is 1.05 bits per heavy atom. The molecule has 2 N–H and O–H groups in total. The zero-order valence-electron chi connectivity index (χ0n) is 12.7. The predicted octanol–water partition coefficient (Wildman–Crippen LogP) is 1.88. The van der Waals surface area contributed by atoms with Gasteiger partial charge in [-0.2, -0.15) is 0 Å². The van der Waals surface area contributed by atoms with Gasteiger partial charge in [-0.05, 0) is 25.2 Å². The van der Waals surface area contributed by atoms with E-state index in [1.165, 1.54) is 0 Å². The molecule has 0 amide bonds. The van der Waals surface area contributed by atoms with Crippen molar-refractivity contribution in [3.05, 3.63) is 0 Å². The zero-order chi connectivity index (χ0) is 15.1. The van der Waals surface area contributed by atoms with E-state index in [9.17, 15) is 9.59 Å². The topological polar surface area (TPSA) is 78.6 Å². The van der Waals surface area contributed by atoms with Crippen LogP contribution in [-0.4, -0.2) is 30.7 Å². The molecule has 0 aliphatic rings. The molecule has 0 rings (SSSR count). The Hall–Kier alpha value is -1.10. The van der Waals surface area contributed by atoms with E-state index in [2.05, 4.69) is 0 Å². The van der Waals surface area contributed by atoms with Crippen LogP contribution in [0.4, 0.5) is 0 Å². The summed E-state index contributed by atoms with van der Waals surface area (Å²) < 4.78 is 10.1. The van der Waals surface area contributed by atoms with Gasteiger partial charge in [0, 0.05) is 6.42 Å². The molecule has 0 fully saturated rings. The summed E-state index contributed by atoms with van der Waals surface area (Å²) in [6.07, 6.45) is 0.345. The summed E-state index contributed by atoms with van der Waals surface area (Å²) in [5, 5.41) is 0. The van der Waals surface area contributed by atoms with E-state index >= 15 is 0 Å². The van der Waals surface area contributed by atoms with Crippen LogP contribution < -0.4 is 5.73 Å². The highest BCUT2D eigenvalue weighted by Gasteiger charge is 2.31. The van der Waals surface area contributed by atoms with E-state index in [1.807, 2.05) is 27.7 Å². The molecular weight excluding hydrogens is 246 g/mol. The van der Waals surface area contributed by atoms with Gasteiger partial charge in [0.25, 0.3) is 0 Å². The number of hydrogen-bond acceptors (Lipinski definition) is 5. The smallest absolute Gasteiger partial charge is 0.325 e. The summed E-state index contributed by atoms with van der Waals surface area (Å²) in [4.78, 5) is 23.2. The fourth-order valence-corrected chi connectivity index (χ4v) is 1.20. The molecule has 0 aliphatic carbocycles. The molecule has 5 heteroatoms. The third-order valence-electron chi connectivity index (χ3n) is 2.44. The van der Waals surface area contributed by atoms with E-state index in [1.54, 1.807) is 6.92 Å². The molecule has 0 aromatic carbocycles. The maximum Gasteiger partial charge on any atom is 0.325 e. The summed E-state index contributed by atoms with van der Waals surface area (Å²) in [6.45, 7) is 10.1. The Labute approximate surface area is 115 Å². The van der Waals surface area contributed by atoms with Crippen LogP contribution in [0, 0.1) is 11.8 Å². The third kappa shape index (κ3) is 8.59. The molecule has 0 saturated heterocycles. The lowest BCUT2D eigenvalue weighted by atomic mass is 9.97. The Morgan fingerprint density at radius 2 is 1.53 bits per heavy atom. The third-order valence-corrected chi connectivity index (χ3v) is 2.44. The molecule has 0 aliphatic heterocycles. The first kappa shape index (κ1) is 17.9. The van der Waals surface area contributed by atoms with Crippen molar-refractivity contribution in [2.75, 3.05) is 13.2 Å². The molecule has 112 valence electrons. The van der Waals surface area contributed by atoms with Crippen molar-refractivity contribution in [2.24, 2.45) is 17.6 Å². The Morgan fingerprint density at radius 3 is 2.00 bits per heavy atom. The average molecular weight is 273 g/mol. The Kier molecular flexibility index (Phi) is 7.68. The number of nitrogens with two attached hydrogens (primary N) is 1. The second-order valence-electron chi connectivity index (χ2n) is 5.99. The molecule has 0 aromatic heterocycles. The summed E-state index contributed by atoms with van der Waals surface area (Å²) in [6, 6.07) is 0. The largest absolute Gasteiger partial charge is 0.465 e. The van der Waals surface area contributed by atoms with Gasteiger partial charge in [0.2, 0.25) is 0 Å². The minimum absolute atomic E-state index is 0.122. The first-order valence-corrected chi connectivity index (χ1v) is 6.77. The normalized spacial score (nSPS) is 14.3. The second kappa shape index (κ2) is 8.15. The minimum Gasteiger partial charge on any atom is -0.465 e. The van der Waals surface area contributed by atoms with Crippen LogP contribution in [0.3, 0.4) is 0 Å². The number of carbonyl (C=O) groups is 2. The number of esters is 2. The maximum atomic E-state index is 11.7. The van der Waals surface area contributed by atoms with E-state index in [-0.39, 0.29) is 24.7 Å². The SMILES string of the molecule is CC(C)COC(=O)CC[C@](C)(N)C(=O)OCC(C)C. The monoisotopic (exact) mass is 273 g/mol. The van der Waals surface area contributed by atoms with Crippen LogP contribution in [0.1, 0.15) is 47.5 Å². The van der Waals surface area contributed by atoms with Crippen molar-refractivity contribution in [1.82, 2.24) is 0 Å². The van der Waals surface area contributed by atoms with Crippen LogP contribution in [0.15, 0.2) is 0 Å². The molecule has 0 radical (unpaired) electrons. The van der Waals surface area contributed by atoms with Crippen molar-refractivity contribution in [3.63, 3.8) is 0 Å². The molecule has 0 heterocycles. The van der Waals surface area contributed by atoms with Crippen molar-refractivity contribution in [3.8, 4) is 0 Å². The molecule has 0 bridgehead atoms. The number of ether oxygens (including phenoxy) is 2. The van der Waals surface area contributed by atoms with Gasteiger partial charge in [0.05, 0.1) is 13.2 Å². The molecule has 0 aromatic rings. The zero-order valence-corrected chi connectivity index (χ0v) is 12.7. The van der Waals surface area contributed by atoms with Crippen LogP contribution in [-0.2, 0) is 19.1 Å². The minimum atomic E-state index is -1.15. The highest BCUT2D eigenvalue weighted by molar-refractivity contribution is 5.81. The van der Waals surface area contributed by atoms with Crippen LogP contribution >= 0.6 is 0 Å². The fraction of sp³-hybridized carbons (Fsp3) is 0.857. The first-order valence-electron chi connectivity index (χ1n) is 6.77. The Balaban J connectivity index is 4.07. The standard InChI is InChI=1S/C14H27NO4/c1-10(2)8-18-12(16)6-7-14(5,15)13(17)19-9-11(3)4/h10-11H,6-9,15H2,1-5H3/t14-/m0/s1. The summed E-state index contributed by atoms with van der Waals surface area (Å²) in [5.41, 5.74) is 4.72. The number of carbonyl (C=O) groups excluding carboxylic acids is 2. The first-order chi connectivity index (χ1) is 8.65. The number of hydrogen-bond donors (Lipinski definition) is 1. The van der Waals surface area contributed by atoms with Gasteiger partial charge in [0.1, 0.15) is 5.54 Å². The molecule has 5 nitrogen and oxygen atoms in total. The van der Waals surface area contributed by atoms with E-state index < -0.39 is 11.5 Å². The van der Waals surface area contributed by atoms with Crippen molar-refractivity contribution in [1.29, 1.82) is 0 Å². The molecular formula is C14H27NO4. The van der Waals surface area contributed by atoms with Gasteiger partial charge in [0.15, 0.2) is 0 Å². The lowest BCUT2D eigenvalue weighted by Crippen LogP contribution is -2.46. The van der Waals surface area contributed by atoms with Crippen molar-refractivity contribution in [2.45, 2.75) is 53.0 Å². The maximum absolute atomic E-state index is 11.7. The highest BCUT2D eigenvalue weighted by atomic mass is 16.5. The van der Waals surface area contributed by atoms with Gasteiger partial charge in [-0.3, -0.25) is 9.59 Å². The lowest BCUT2D eigenvalue weighted by molar-refractivity contribution is -0.152. The molecule has 0 saturated carbocycles. The molecule has 1 atom stereocenters. The van der Waals surface area contributed by atoms with E-state index in [4.69, 9.17) is 15.2 Å². The van der Waals surface area contributed by atoms with E-state index in [0.717, 1.165) is 0 Å². The molecule has 19 heavy (non-hydrogen) atoms. The van der Waals surface area contributed by atoms with E-state index in [0.29, 0.717) is 19.1 Å². The quantitative estimate of drug-likeness (QED) is 0.683. The molecule has 0 unspecified atom stereocenters. The fourth-order valence-electron chi connectivity index (χ4n) is 1.20. The van der Waals surface area contributed by atoms with Crippen LogP contribution in [0.25, 0.3) is 0 Å². The van der Waals surface area contributed by atoms with Crippen LogP contribution in [0.5, 0.6) is 0 Å². The van der Waals surface area contributed by atoms with Gasteiger partial charge in [-0.25, -0.2) is 0 Å². The van der Waals surface area contributed by atoms with Gasteiger partial charge in [-0.1, -0.05) is 27.7 Å². The van der Waals surface area contributed by atoms with Gasteiger partial charge >= 0.3 is 11.9 Å². The van der Waals surface area contributed by atoms with Crippen molar-refractivity contribution >= 4 is 11.9 Å². The van der Waals surface area contributed by atoms with Gasteiger partial charge in [-0.15, -0.1) is 0 Å². The summed E-state index contributed by atoms with van der Waals surface area (Å²) >= 11 is 0. The predicted molar refractivity (Wildman–Crippen MR) is 73.4 cm³/mol. The second-order valence-corrected chi connectivity index (χ2v) is 5.99. The number of rotatable bonds is 8. The summed E-state index contributed by atoms with van der Waals surface area (Å²) in [5.74, 6) is -0.250. The van der Waals surface area contributed by atoms with Crippen molar-refractivity contribution < 1.29 is 19.1 Å². The summed E-state index contributed by atoms with van der Waals surface area (Å²) in [7, 11) is 0. The Bertz CT molecular complexity index is 298. The average Bonchev–Trinajstić information content (AvgIpc) is 2.30. The highest BCUT2D eigenvalue weighted by Crippen LogP contribution is 2.13.